The third-order valence-electron chi connectivity index (χ3n) is 3.96. The molecule has 0 bridgehead atoms. The number of non-ortho nitro benzene ring substituents is 1. The molecule has 1 amide bonds. The van der Waals surface area contributed by atoms with Crippen molar-refractivity contribution in [2.75, 3.05) is 19.0 Å². The Bertz CT molecular complexity index is 885. The highest BCUT2D eigenvalue weighted by atomic mass is 16.6. The number of furan rings is 2. The van der Waals surface area contributed by atoms with Crippen LogP contribution in [0.15, 0.2) is 63.8 Å². The zero-order valence-corrected chi connectivity index (χ0v) is 15.2. The van der Waals surface area contributed by atoms with Gasteiger partial charge in [-0.15, -0.1) is 0 Å². The molecule has 0 saturated heterocycles. The number of nitro groups is 1. The van der Waals surface area contributed by atoms with Crippen LogP contribution in [0.4, 0.5) is 11.4 Å². The molecule has 0 aliphatic carbocycles. The van der Waals surface area contributed by atoms with Crippen molar-refractivity contribution in [1.82, 2.24) is 4.90 Å². The number of ether oxygens (including phenoxy) is 1. The van der Waals surface area contributed by atoms with E-state index in [1.54, 1.807) is 24.7 Å². The quantitative estimate of drug-likeness (QED) is 0.444. The lowest BCUT2D eigenvalue weighted by molar-refractivity contribution is -0.384. The number of carbonyl (C=O) groups excluding carboxylic acids is 1. The molecule has 1 aromatic carbocycles. The van der Waals surface area contributed by atoms with Crippen LogP contribution >= 0.6 is 0 Å². The zero-order chi connectivity index (χ0) is 19.9. The molecular weight excluding hydrogens is 366 g/mol. The smallest absolute Gasteiger partial charge is 0.273 e. The number of rotatable bonds is 9. The highest BCUT2D eigenvalue weighted by molar-refractivity contribution is 5.93. The molecule has 1 N–H and O–H groups in total. The van der Waals surface area contributed by atoms with Gasteiger partial charge in [-0.2, -0.15) is 0 Å². The predicted molar refractivity (Wildman–Crippen MR) is 99.8 cm³/mol. The van der Waals surface area contributed by atoms with E-state index in [1.807, 2.05) is 17.0 Å². The molecule has 0 unspecified atom stereocenters. The minimum absolute atomic E-state index is 0.0571. The van der Waals surface area contributed by atoms with Gasteiger partial charge in [0, 0.05) is 6.07 Å². The summed E-state index contributed by atoms with van der Waals surface area (Å²) in [6.07, 6.45) is 3.14. The summed E-state index contributed by atoms with van der Waals surface area (Å²) in [5.41, 5.74) is 0.237. The van der Waals surface area contributed by atoms with Gasteiger partial charge in [0.2, 0.25) is 5.91 Å². The number of nitro benzene ring substituents is 1. The van der Waals surface area contributed by atoms with E-state index < -0.39 is 4.92 Å². The van der Waals surface area contributed by atoms with E-state index in [9.17, 15) is 14.9 Å². The molecule has 0 spiro atoms. The van der Waals surface area contributed by atoms with Gasteiger partial charge in [0.1, 0.15) is 17.3 Å². The normalized spacial score (nSPS) is 10.8. The molecule has 0 aliphatic heterocycles. The van der Waals surface area contributed by atoms with Gasteiger partial charge in [-0.1, -0.05) is 0 Å². The highest BCUT2D eigenvalue weighted by Crippen LogP contribution is 2.29. The molecule has 3 aromatic rings. The Balaban J connectivity index is 1.70. The number of nitrogens with zero attached hydrogens (tertiary/aromatic N) is 2. The van der Waals surface area contributed by atoms with Crippen molar-refractivity contribution in [3.8, 4) is 5.75 Å². The van der Waals surface area contributed by atoms with Crippen LogP contribution in [-0.2, 0) is 17.9 Å². The monoisotopic (exact) mass is 385 g/mol. The van der Waals surface area contributed by atoms with Crippen molar-refractivity contribution in [2.45, 2.75) is 13.1 Å². The molecular formula is C19H19N3O6. The predicted octanol–water partition coefficient (Wildman–Crippen LogP) is 3.43. The maximum Gasteiger partial charge on any atom is 0.273 e. The number of amides is 1. The van der Waals surface area contributed by atoms with Crippen LogP contribution in [0, 0.1) is 10.1 Å². The van der Waals surface area contributed by atoms with E-state index in [-0.39, 0.29) is 23.9 Å². The number of hydrogen-bond acceptors (Lipinski definition) is 7. The van der Waals surface area contributed by atoms with Gasteiger partial charge in [0.25, 0.3) is 5.69 Å². The van der Waals surface area contributed by atoms with Crippen LogP contribution in [0.5, 0.6) is 5.75 Å². The summed E-state index contributed by atoms with van der Waals surface area (Å²) in [6, 6.07) is 11.2. The number of benzene rings is 1. The minimum Gasteiger partial charge on any atom is -0.494 e. The average molecular weight is 385 g/mol. The second-order valence-electron chi connectivity index (χ2n) is 5.99. The van der Waals surface area contributed by atoms with Gasteiger partial charge < -0.3 is 18.9 Å². The van der Waals surface area contributed by atoms with E-state index in [2.05, 4.69) is 5.32 Å². The lowest BCUT2D eigenvalue weighted by Gasteiger charge is -2.20. The molecule has 9 heteroatoms. The summed E-state index contributed by atoms with van der Waals surface area (Å²) >= 11 is 0. The van der Waals surface area contributed by atoms with Crippen molar-refractivity contribution in [1.29, 1.82) is 0 Å². The van der Waals surface area contributed by atoms with Gasteiger partial charge in [-0.3, -0.25) is 19.8 Å². The van der Waals surface area contributed by atoms with E-state index in [4.69, 9.17) is 13.6 Å². The molecule has 0 saturated carbocycles. The molecule has 28 heavy (non-hydrogen) atoms. The first-order chi connectivity index (χ1) is 13.5. The lowest BCUT2D eigenvalue weighted by atomic mass is 10.2. The summed E-state index contributed by atoms with van der Waals surface area (Å²) in [7, 11) is 1.38. The Labute approximate surface area is 160 Å². The van der Waals surface area contributed by atoms with E-state index in [0.29, 0.717) is 30.3 Å². The van der Waals surface area contributed by atoms with Gasteiger partial charge in [-0.05, 0) is 30.3 Å². The Morgan fingerprint density at radius 1 is 1.14 bits per heavy atom. The van der Waals surface area contributed by atoms with Crippen LogP contribution in [0.25, 0.3) is 0 Å². The molecule has 3 rings (SSSR count). The highest BCUT2D eigenvalue weighted by Gasteiger charge is 2.17. The maximum absolute atomic E-state index is 12.6. The van der Waals surface area contributed by atoms with Crippen LogP contribution in [0.3, 0.4) is 0 Å². The molecule has 0 atom stereocenters. The Kier molecular flexibility index (Phi) is 6.07. The van der Waals surface area contributed by atoms with Crippen molar-refractivity contribution < 1.29 is 23.3 Å². The van der Waals surface area contributed by atoms with E-state index in [1.165, 1.54) is 25.3 Å². The van der Waals surface area contributed by atoms with Crippen molar-refractivity contribution in [3.05, 3.63) is 76.6 Å². The summed E-state index contributed by atoms with van der Waals surface area (Å²) in [6.45, 7) is 0.887. The standard InChI is InChI=1S/C19H19N3O6/c1-26-18-10-14(22(24)25)6-7-17(18)20-19(23)13-21(11-15-4-2-8-27-15)12-16-5-3-9-28-16/h2-10H,11-13H2,1H3,(H,20,23). The Morgan fingerprint density at radius 3 is 2.29 bits per heavy atom. The van der Waals surface area contributed by atoms with Crippen LogP contribution in [-0.4, -0.2) is 29.4 Å². The zero-order valence-electron chi connectivity index (χ0n) is 15.2. The van der Waals surface area contributed by atoms with E-state index in [0.717, 1.165) is 0 Å². The molecule has 0 aliphatic rings. The molecule has 2 aromatic heterocycles. The van der Waals surface area contributed by atoms with E-state index >= 15 is 0 Å². The number of methoxy groups -OCH3 is 1. The van der Waals surface area contributed by atoms with Gasteiger partial charge >= 0.3 is 0 Å². The first kappa shape index (κ1) is 19.2. The third-order valence-corrected chi connectivity index (χ3v) is 3.96. The Hall–Kier alpha value is -3.59. The molecule has 0 fully saturated rings. The van der Waals surface area contributed by atoms with Crippen molar-refractivity contribution >= 4 is 17.3 Å². The fraction of sp³-hybridized carbons (Fsp3) is 0.211. The van der Waals surface area contributed by atoms with Crippen LogP contribution in [0.2, 0.25) is 0 Å². The molecule has 0 radical (unpaired) electrons. The number of carbonyl (C=O) groups is 1. The average Bonchev–Trinajstić information content (AvgIpc) is 3.36. The third kappa shape index (κ3) is 4.98. The second kappa shape index (κ2) is 8.87. The SMILES string of the molecule is COc1cc([N+](=O)[O-])ccc1NC(=O)CN(Cc1ccco1)Cc1ccco1. The minimum atomic E-state index is -0.525. The number of anilines is 1. The van der Waals surface area contributed by atoms with Gasteiger partial charge in [0.15, 0.2) is 0 Å². The molecule has 146 valence electrons. The van der Waals surface area contributed by atoms with Gasteiger partial charge in [-0.25, -0.2) is 0 Å². The largest absolute Gasteiger partial charge is 0.494 e. The first-order valence-electron chi connectivity index (χ1n) is 8.44. The number of nitrogens with one attached hydrogen (secondary N) is 1. The topological polar surface area (TPSA) is 111 Å². The van der Waals surface area contributed by atoms with Crippen molar-refractivity contribution in [3.63, 3.8) is 0 Å². The first-order valence-corrected chi connectivity index (χ1v) is 8.44. The lowest BCUT2D eigenvalue weighted by Crippen LogP contribution is -2.32. The van der Waals surface area contributed by atoms with Crippen LogP contribution < -0.4 is 10.1 Å². The molecule has 2 heterocycles. The Morgan fingerprint density at radius 2 is 1.79 bits per heavy atom. The van der Waals surface area contributed by atoms with Crippen molar-refractivity contribution in [2.24, 2.45) is 0 Å². The summed E-state index contributed by atoms with van der Waals surface area (Å²) in [5.74, 6) is 1.34. The summed E-state index contributed by atoms with van der Waals surface area (Å²) in [5, 5.41) is 13.6. The number of hydrogen-bond donors (Lipinski definition) is 1. The molecule has 9 nitrogen and oxygen atoms in total. The maximum atomic E-state index is 12.6. The fourth-order valence-electron chi connectivity index (χ4n) is 2.70. The van der Waals surface area contributed by atoms with Crippen LogP contribution in [0.1, 0.15) is 11.5 Å². The van der Waals surface area contributed by atoms with Gasteiger partial charge in [0.05, 0.1) is 55.9 Å². The summed E-state index contributed by atoms with van der Waals surface area (Å²) in [4.78, 5) is 24.8. The summed E-state index contributed by atoms with van der Waals surface area (Å²) < 4.78 is 15.9. The second-order valence-corrected chi connectivity index (χ2v) is 5.99. The fourth-order valence-corrected chi connectivity index (χ4v) is 2.70.